The molecule has 1 aromatic rings. The summed E-state index contributed by atoms with van der Waals surface area (Å²) in [6.45, 7) is 7.28. The van der Waals surface area contributed by atoms with Crippen LogP contribution in [0.25, 0.3) is 0 Å². The second kappa shape index (κ2) is 11.0. The van der Waals surface area contributed by atoms with Gasteiger partial charge in [0.2, 0.25) is 5.91 Å². The Labute approximate surface area is 148 Å². The van der Waals surface area contributed by atoms with Crippen LogP contribution in [0.4, 0.5) is 0 Å². The van der Waals surface area contributed by atoms with E-state index in [1.165, 1.54) is 7.11 Å². The highest BCUT2D eigenvalue weighted by Gasteiger charge is 2.22. The lowest BCUT2D eigenvalue weighted by Gasteiger charge is -2.17. The normalized spacial score (nSPS) is 11.3. The Morgan fingerprint density at radius 1 is 1.32 bits per heavy atom. The number of allylic oxidation sites excluding steroid dienone is 1. The average Bonchev–Trinajstić information content (AvgIpc) is 2.63. The van der Waals surface area contributed by atoms with Crippen molar-refractivity contribution in [1.29, 1.82) is 0 Å². The second-order valence-electron chi connectivity index (χ2n) is 5.37. The topological polar surface area (TPSA) is 84.9 Å². The fraction of sp³-hybridized carbons (Fsp3) is 0.368. The van der Waals surface area contributed by atoms with Crippen LogP contribution < -0.4 is 10.1 Å². The van der Waals surface area contributed by atoms with Crippen LogP contribution in [0.1, 0.15) is 24.0 Å². The lowest BCUT2D eigenvalue weighted by Crippen LogP contribution is -2.43. The summed E-state index contributed by atoms with van der Waals surface area (Å²) in [5.41, 5.74) is 1.37. The van der Waals surface area contributed by atoms with Crippen LogP contribution in [0.2, 0.25) is 0 Å². The zero-order valence-corrected chi connectivity index (χ0v) is 14.5. The van der Waals surface area contributed by atoms with E-state index in [2.05, 4.69) is 18.5 Å². The molecule has 136 valence electrons. The van der Waals surface area contributed by atoms with Crippen LogP contribution in [0.15, 0.2) is 43.5 Å². The van der Waals surface area contributed by atoms with Gasteiger partial charge in [-0.05, 0) is 24.1 Å². The number of aliphatic hydroxyl groups excluding tert-OH is 1. The molecule has 6 heteroatoms. The van der Waals surface area contributed by atoms with Crippen LogP contribution in [0.5, 0.6) is 5.75 Å². The Kier molecular flexibility index (Phi) is 9.03. The van der Waals surface area contributed by atoms with Crippen molar-refractivity contribution < 1.29 is 24.2 Å². The van der Waals surface area contributed by atoms with E-state index in [4.69, 9.17) is 9.47 Å². The molecule has 0 heterocycles. The molecular weight excluding hydrogens is 322 g/mol. The van der Waals surface area contributed by atoms with Gasteiger partial charge in [0, 0.05) is 18.4 Å². The summed E-state index contributed by atoms with van der Waals surface area (Å²) in [7, 11) is 1.27. The fourth-order valence-corrected chi connectivity index (χ4v) is 2.24. The molecule has 1 atom stereocenters. The number of benzene rings is 1. The number of ether oxygens (including phenoxy) is 2. The Bertz CT molecular complexity index is 612. The zero-order chi connectivity index (χ0) is 18.7. The molecule has 0 aliphatic rings. The van der Waals surface area contributed by atoms with E-state index in [-0.39, 0.29) is 25.4 Å². The van der Waals surface area contributed by atoms with Gasteiger partial charge >= 0.3 is 5.97 Å². The smallest absolute Gasteiger partial charge is 0.328 e. The number of aliphatic hydroxyl groups is 1. The molecule has 0 saturated heterocycles. The predicted molar refractivity (Wildman–Crippen MR) is 95.1 cm³/mol. The first-order chi connectivity index (χ1) is 12.0. The van der Waals surface area contributed by atoms with Crippen molar-refractivity contribution >= 4 is 11.9 Å². The lowest BCUT2D eigenvalue weighted by atomic mass is 10.0. The van der Waals surface area contributed by atoms with Gasteiger partial charge < -0.3 is 19.9 Å². The Hall–Kier alpha value is -2.60. The third-order valence-corrected chi connectivity index (χ3v) is 3.49. The number of methoxy groups -OCH3 is 1. The third kappa shape index (κ3) is 6.81. The minimum Gasteiger partial charge on any atom is -0.489 e. The number of rotatable bonds is 11. The van der Waals surface area contributed by atoms with E-state index >= 15 is 0 Å². The van der Waals surface area contributed by atoms with E-state index in [0.29, 0.717) is 24.3 Å². The molecule has 2 N–H and O–H groups in total. The van der Waals surface area contributed by atoms with Gasteiger partial charge in [-0.2, -0.15) is 0 Å². The van der Waals surface area contributed by atoms with Gasteiger partial charge in [-0.1, -0.05) is 24.8 Å². The molecule has 0 radical (unpaired) electrons. The van der Waals surface area contributed by atoms with Gasteiger partial charge in [0.05, 0.1) is 13.7 Å². The summed E-state index contributed by atoms with van der Waals surface area (Å²) in [4.78, 5) is 23.8. The molecule has 0 aliphatic heterocycles. The van der Waals surface area contributed by atoms with E-state index in [0.717, 1.165) is 5.56 Å². The van der Waals surface area contributed by atoms with E-state index in [1.54, 1.807) is 30.4 Å². The Balaban J connectivity index is 2.88. The SMILES string of the molecule is C=CCCC(=O)N[C@@H](Cc1ccc(OCC=C)c(CO)c1)C(=O)OC. The highest BCUT2D eigenvalue weighted by atomic mass is 16.5. The summed E-state index contributed by atoms with van der Waals surface area (Å²) in [6, 6.07) is 4.44. The average molecular weight is 347 g/mol. The third-order valence-electron chi connectivity index (χ3n) is 3.49. The zero-order valence-electron chi connectivity index (χ0n) is 14.5. The molecule has 25 heavy (non-hydrogen) atoms. The van der Waals surface area contributed by atoms with Crippen LogP contribution in [-0.2, 0) is 27.4 Å². The summed E-state index contributed by atoms with van der Waals surface area (Å²) >= 11 is 0. The van der Waals surface area contributed by atoms with Gasteiger partial charge in [-0.3, -0.25) is 4.79 Å². The van der Waals surface area contributed by atoms with Gasteiger partial charge in [0.1, 0.15) is 18.4 Å². The number of esters is 1. The number of nitrogens with one attached hydrogen (secondary N) is 1. The van der Waals surface area contributed by atoms with Gasteiger partial charge in [0.25, 0.3) is 0 Å². The number of hydrogen-bond acceptors (Lipinski definition) is 5. The largest absolute Gasteiger partial charge is 0.489 e. The maximum absolute atomic E-state index is 11.9. The highest BCUT2D eigenvalue weighted by Crippen LogP contribution is 2.21. The van der Waals surface area contributed by atoms with Gasteiger partial charge in [-0.15, -0.1) is 6.58 Å². The first-order valence-electron chi connectivity index (χ1n) is 8.00. The number of carbonyl (C=O) groups excluding carboxylic acids is 2. The molecule has 0 aliphatic carbocycles. The number of hydrogen-bond donors (Lipinski definition) is 2. The van der Waals surface area contributed by atoms with Crippen molar-refractivity contribution in [2.45, 2.75) is 31.9 Å². The van der Waals surface area contributed by atoms with Crippen molar-refractivity contribution in [3.63, 3.8) is 0 Å². The standard InChI is InChI=1S/C19H25NO5/c1-4-6-7-18(22)20-16(19(23)24-3)12-14-8-9-17(25-10-5-2)15(11-14)13-21/h4-5,8-9,11,16,21H,1-2,6-7,10,12-13H2,3H3,(H,20,22)/t16-/m0/s1. The molecule has 1 amide bonds. The van der Waals surface area contributed by atoms with Gasteiger partial charge in [-0.25, -0.2) is 4.79 Å². The van der Waals surface area contributed by atoms with Gasteiger partial charge in [0.15, 0.2) is 0 Å². The molecule has 0 spiro atoms. The van der Waals surface area contributed by atoms with E-state index < -0.39 is 12.0 Å². The molecule has 1 aromatic carbocycles. The molecule has 0 unspecified atom stereocenters. The Morgan fingerprint density at radius 2 is 2.08 bits per heavy atom. The fourth-order valence-electron chi connectivity index (χ4n) is 2.24. The van der Waals surface area contributed by atoms with Crippen molar-refractivity contribution in [1.82, 2.24) is 5.32 Å². The predicted octanol–water partition coefficient (Wildman–Crippen LogP) is 1.91. The van der Waals surface area contributed by atoms with Crippen molar-refractivity contribution in [3.8, 4) is 5.75 Å². The summed E-state index contributed by atoms with van der Waals surface area (Å²) in [5, 5.41) is 12.2. The minimum atomic E-state index is -0.797. The first kappa shape index (κ1) is 20.4. The maximum atomic E-state index is 11.9. The van der Waals surface area contributed by atoms with Crippen molar-refractivity contribution in [3.05, 3.63) is 54.6 Å². The number of amides is 1. The second-order valence-corrected chi connectivity index (χ2v) is 5.37. The van der Waals surface area contributed by atoms with Crippen LogP contribution in [0.3, 0.4) is 0 Å². The molecule has 0 saturated carbocycles. The van der Waals surface area contributed by atoms with Crippen LogP contribution in [-0.4, -0.2) is 36.7 Å². The van der Waals surface area contributed by atoms with E-state index in [9.17, 15) is 14.7 Å². The molecular formula is C19H25NO5. The van der Waals surface area contributed by atoms with Crippen molar-refractivity contribution in [2.75, 3.05) is 13.7 Å². The van der Waals surface area contributed by atoms with Crippen LogP contribution in [0, 0.1) is 0 Å². The summed E-state index contributed by atoms with van der Waals surface area (Å²) in [5.74, 6) is -0.219. The molecule has 0 aromatic heterocycles. The van der Waals surface area contributed by atoms with E-state index in [1.807, 2.05) is 0 Å². The number of carbonyl (C=O) groups is 2. The maximum Gasteiger partial charge on any atom is 0.328 e. The molecule has 6 nitrogen and oxygen atoms in total. The lowest BCUT2D eigenvalue weighted by molar-refractivity contribution is -0.145. The highest BCUT2D eigenvalue weighted by molar-refractivity contribution is 5.84. The molecule has 1 rings (SSSR count). The first-order valence-corrected chi connectivity index (χ1v) is 8.00. The van der Waals surface area contributed by atoms with Crippen LogP contribution >= 0.6 is 0 Å². The quantitative estimate of drug-likeness (QED) is 0.472. The summed E-state index contributed by atoms with van der Waals surface area (Å²) in [6.07, 6.45) is 4.29. The molecule has 0 fully saturated rings. The molecule has 0 bridgehead atoms. The monoisotopic (exact) mass is 347 g/mol. The minimum absolute atomic E-state index is 0.200. The Morgan fingerprint density at radius 3 is 2.68 bits per heavy atom. The summed E-state index contributed by atoms with van der Waals surface area (Å²) < 4.78 is 10.2. The van der Waals surface area contributed by atoms with Crippen molar-refractivity contribution in [2.24, 2.45) is 0 Å².